The van der Waals surface area contributed by atoms with Crippen molar-refractivity contribution in [1.29, 1.82) is 0 Å². The van der Waals surface area contributed by atoms with Crippen molar-refractivity contribution in [3.8, 4) is 0 Å². The Balaban J connectivity index is 2.57. The van der Waals surface area contributed by atoms with Gasteiger partial charge in [-0.1, -0.05) is 34.1 Å². The van der Waals surface area contributed by atoms with E-state index in [9.17, 15) is 0 Å². The van der Waals surface area contributed by atoms with Gasteiger partial charge in [-0.25, -0.2) is 0 Å². The van der Waals surface area contributed by atoms with Crippen LogP contribution in [-0.4, -0.2) is 22.9 Å². The number of aryl methyl sites for hydroxylation is 1. The molecule has 0 aliphatic carbocycles. The summed E-state index contributed by atoms with van der Waals surface area (Å²) in [5, 5.41) is 8.26. The number of aromatic nitrogens is 2. The van der Waals surface area contributed by atoms with Gasteiger partial charge in [0.25, 0.3) is 0 Å². The zero-order valence-electron chi connectivity index (χ0n) is 14.3. The van der Waals surface area contributed by atoms with Crippen molar-refractivity contribution >= 4 is 0 Å². The molecule has 0 aliphatic heterocycles. The number of hydrogen-bond donors (Lipinski definition) is 1. The summed E-state index contributed by atoms with van der Waals surface area (Å²) >= 11 is 0. The Hall–Kier alpha value is -0.830. The average molecular weight is 279 g/mol. The van der Waals surface area contributed by atoms with Gasteiger partial charge in [0.2, 0.25) is 0 Å². The molecule has 1 aromatic heterocycles. The van der Waals surface area contributed by atoms with E-state index in [1.807, 2.05) is 0 Å². The Morgan fingerprint density at radius 3 is 2.50 bits per heavy atom. The fourth-order valence-corrected chi connectivity index (χ4v) is 2.76. The molecular weight excluding hydrogens is 246 g/mol. The van der Waals surface area contributed by atoms with Crippen LogP contribution in [0.3, 0.4) is 0 Å². The Morgan fingerprint density at radius 2 is 1.90 bits per heavy atom. The van der Waals surface area contributed by atoms with E-state index < -0.39 is 0 Å². The monoisotopic (exact) mass is 279 g/mol. The molecule has 0 amide bonds. The number of hydrogen-bond acceptors (Lipinski definition) is 2. The predicted octanol–water partition coefficient (Wildman–Crippen LogP) is 3.72. The Kier molecular flexibility index (Phi) is 7.28. The van der Waals surface area contributed by atoms with Crippen molar-refractivity contribution in [3.63, 3.8) is 0 Å². The summed E-state index contributed by atoms with van der Waals surface area (Å²) in [5.74, 6) is 1.43. The molecule has 0 saturated carbocycles. The SMILES string of the molecule is CCCC(C)Cn1nc(C)c(CCNCC(C)C)c1C. The van der Waals surface area contributed by atoms with Gasteiger partial charge in [0, 0.05) is 12.2 Å². The first-order valence-corrected chi connectivity index (χ1v) is 8.19. The third-order valence-electron chi connectivity index (χ3n) is 3.90. The van der Waals surface area contributed by atoms with E-state index in [2.05, 4.69) is 51.5 Å². The molecule has 1 aromatic rings. The highest BCUT2D eigenvalue weighted by Crippen LogP contribution is 2.16. The van der Waals surface area contributed by atoms with Crippen LogP contribution in [0.15, 0.2) is 0 Å². The van der Waals surface area contributed by atoms with Crippen molar-refractivity contribution in [2.24, 2.45) is 11.8 Å². The highest BCUT2D eigenvalue weighted by molar-refractivity contribution is 5.24. The lowest BCUT2D eigenvalue weighted by Gasteiger charge is -2.12. The molecule has 1 N–H and O–H groups in total. The van der Waals surface area contributed by atoms with Gasteiger partial charge in [-0.3, -0.25) is 4.68 Å². The van der Waals surface area contributed by atoms with Crippen LogP contribution in [-0.2, 0) is 13.0 Å². The lowest BCUT2D eigenvalue weighted by atomic mass is 10.1. The summed E-state index contributed by atoms with van der Waals surface area (Å²) in [6, 6.07) is 0. The third kappa shape index (κ3) is 5.28. The van der Waals surface area contributed by atoms with E-state index in [0.29, 0.717) is 5.92 Å². The van der Waals surface area contributed by atoms with E-state index in [1.165, 1.54) is 29.8 Å². The molecule has 1 rings (SSSR count). The summed E-state index contributed by atoms with van der Waals surface area (Å²) in [6.45, 7) is 16.6. The van der Waals surface area contributed by atoms with E-state index in [-0.39, 0.29) is 0 Å². The molecule has 0 bridgehead atoms. The normalized spacial score (nSPS) is 13.2. The summed E-state index contributed by atoms with van der Waals surface area (Å²) in [4.78, 5) is 0. The quantitative estimate of drug-likeness (QED) is 0.698. The highest BCUT2D eigenvalue weighted by atomic mass is 15.3. The molecule has 0 saturated heterocycles. The van der Waals surface area contributed by atoms with Gasteiger partial charge in [-0.2, -0.15) is 5.10 Å². The summed E-state index contributed by atoms with van der Waals surface area (Å²) in [7, 11) is 0. The number of nitrogens with one attached hydrogen (secondary N) is 1. The van der Waals surface area contributed by atoms with Gasteiger partial charge in [0.15, 0.2) is 0 Å². The number of rotatable bonds is 9. The second-order valence-corrected chi connectivity index (χ2v) is 6.57. The Bertz CT molecular complexity index is 393. The molecule has 3 heteroatoms. The van der Waals surface area contributed by atoms with Gasteiger partial charge in [0.05, 0.1) is 5.69 Å². The lowest BCUT2D eigenvalue weighted by Crippen LogP contribution is -2.22. The first-order chi connectivity index (χ1) is 9.45. The molecule has 3 nitrogen and oxygen atoms in total. The van der Waals surface area contributed by atoms with Gasteiger partial charge in [-0.15, -0.1) is 0 Å². The summed E-state index contributed by atoms with van der Waals surface area (Å²) in [6.07, 6.45) is 3.63. The zero-order chi connectivity index (χ0) is 15.1. The standard InChI is InChI=1S/C17H33N3/c1-7-8-14(4)12-20-16(6)17(15(5)19-20)9-10-18-11-13(2)3/h13-14,18H,7-12H2,1-6H3. The smallest absolute Gasteiger partial charge is 0.0628 e. The van der Waals surface area contributed by atoms with Crippen LogP contribution in [0.4, 0.5) is 0 Å². The van der Waals surface area contributed by atoms with Crippen molar-refractivity contribution < 1.29 is 0 Å². The second-order valence-electron chi connectivity index (χ2n) is 6.57. The maximum atomic E-state index is 4.74. The van der Waals surface area contributed by atoms with Crippen LogP contribution < -0.4 is 5.32 Å². The molecular formula is C17H33N3. The predicted molar refractivity (Wildman–Crippen MR) is 87.2 cm³/mol. The third-order valence-corrected chi connectivity index (χ3v) is 3.90. The maximum Gasteiger partial charge on any atom is 0.0628 e. The average Bonchev–Trinajstić information content (AvgIpc) is 2.61. The molecule has 0 aliphatic rings. The minimum absolute atomic E-state index is 0.713. The molecule has 0 spiro atoms. The number of nitrogens with zero attached hydrogens (tertiary/aromatic N) is 2. The van der Waals surface area contributed by atoms with Crippen LogP contribution in [0.1, 0.15) is 57.5 Å². The van der Waals surface area contributed by atoms with Gasteiger partial charge < -0.3 is 5.32 Å². The Morgan fingerprint density at radius 1 is 1.20 bits per heavy atom. The molecule has 20 heavy (non-hydrogen) atoms. The fourth-order valence-electron chi connectivity index (χ4n) is 2.76. The molecule has 0 fully saturated rings. The van der Waals surface area contributed by atoms with Gasteiger partial charge in [0.1, 0.15) is 0 Å². The zero-order valence-corrected chi connectivity index (χ0v) is 14.3. The van der Waals surface area contributed by atoms with Gasteiger partial charge in [-0.05, 0) is 57.2 Å². The molecule has 1 atom stereocenters. The maximum absolute atomic E-state index is 4.74. The second kappa shape index (κ2) is 8.46. The van der Waals surface area contributed by atoms with Crippen molar-refractivity contribution in [1.82, 2.24) is 15.1 Å². The van der Waals surface area contributed by atoms with E-state index >= 15 is 0 Å². The minimum Gasteiger partial charge on any atom is -0.316 e. The van der Waals surface area contributed by atoms with E-state index in [4.69, 9.17) is 5.10 Å². The van der Waals surface area contributed by atoms with Crippen molar-refractivity contribution in [2.45, 2.75) is 67.3 Å². The first kappa shape index (κ1) is 17.2. The Labute approximate surface area is 125 Å². The molecule has 1 heterocycles. The topological polar surface area (TPSA) is 29.9 Å². The van der Waals surface area contributed by atoms with Gasteiger partial charge >= 0.3 is 0 Å². The highest BCUT2D eigenvalue weighted by Gasteiger charge is 2.13. The fraction of sp³-hybridized carbons (Fsp3) is 0.824. The summed E-state index contributed by atoms with van der Waals surface area (Å²) < 4.78 is 2.22. The lowest BCUT2D eigenvalue weighted by molar-refractivity contribution is 0.413. The largest absolute Gasteiger partial charge is 0.316 e. The minimum atomic E-state index is 0.713. The molecule has 0 aromatic carbocycles. The summed E-state index contributed by atoms with van der Waals surface area (Å²) in [5.41, 5.74) is 4.00. The van der Waals surface area contributed by atoms with Crippen LogP contribution in [0.2, 0.25) is 0 Å². The molecule has 0 radical (unpaired) electrons. The van der Waals surface area contributed by atoms with E-state index in [0.717, 1.165) is 32.0 Å². The van der Waals surface area contributed by atoms with Crippen LogP contribution in [0.25, 0.3) is 0 Å². The van der Waals surface area contributed by atoms with Crippen LogP contribution in [0.5, 0.6) is 0 Å². The van der Waals surface area contributed by atoms with Crippen LogP contribution in [0, 0.1) is 25.7 Å². The van der Waals surface area contributed by atoms with E-state index in [1.54, 1.807) is 0 Å². The van der Waals surface area contributed by atoms with Crippen molar-refractivity contribution in [3.05, 3.63) is 17.0 Å². The van der Waals surface area contributed by atoms with Crippen molar-refractivity contribution in [2.75, 3.05) is 13.1 Å². The molecule has 116 valence electrons. The molecule has 1 unspecified atom stereocenters. The first-order valence-electron chi connectivity index (χ1n) is 8.19. The van der Waals surface area contributed by atoms with Crippen LogP contribution >= 0.6 is 0 Å².